The maximum absolute atomic E-state index is 13.9. The molecule has 3 heterocycles. The first-order valence-corrected chi connectivity index (χ1v) is 13.7. The van der Waals surface area contributed by atoms with E-state index in [2.05, 4.69) is 54.0 Å². The number of carbonyl (C=O) groups is 2. The van der Waals surface area contributed by atoms with Crippen molar-refractivity contribution in [1.82, 2.24) is 20.4 Å². The van der Waals surface area contributed by atoms with Crippen LogP contribution in [0.25, 0.3) is 0 Å². The van der Waals surface area contributed by atoms with Crippen LogP contribution in [0.15, 0.2) is 60.7 Å². The first-order valence-electron chi connectivity index (χ1n) is 13.7. The van der Waals surface area contributed by atoms with Crippen LogP contribution < -0.4 is 10.6 Å². The van der Waals surface area contributed by atoms with Crippen molar-refractivity contribution >= 4 is 11.8 Å². The van der Waals surface area contributed by atoms with E-state index in [1.165, 1.54) is 11.1 Å². The molecule has 36 heavy (non-hydrogen) atoms. The predicted molar refractivity (Wildman–Crippen MR) is 143 cm³/mol. The Morgan fingerprint density at radius 3 is 2.22 bits per heavy atom. The van der Waals surface area contributed by atoms with Crippen molar-refractivity contribution in [2.24, 2.45) is 0 Å². The Morgan fingerprint density at radius 1 is 0.889 bits per heavy atom. The van der Waals surface area contributed by atoms with Gasteiger partial charge in [0.15, 0.2) is 0 Å². The third-order valence-electron chi connectivity index (χ3n) is 8.69. The largest absolute Gasteiger partial charge is 0.340 e. The second-order valence-corrected chi connectivity index (χ2v) is 10.9. The number of rotatable bonds is 6. The summed E-state index contributed by atoms with van der Waals surface area (Å²) in [5.41, 5.74) is 2.51. The van der Waals surface area contributed by atoms with Crippen LogP contribution in [0.3, 0.4) is 0 Å². The number of likely N-dealkylation sites (N-methyl/N-ethyl adjacent to an activating group) is 1. The van der Waals surface area contributed by atoms with E-state index in [9.17, 15) is 9.59 Å². The summed E-state index contributed by atoms with van der Waals surface area (Å²) in [6, 6.07) is 20.8. The first kappa shape index (κ1) is 25.0. The van der Waals surface area contributed by atoms with Gasteiger partial charge in [0.25, 0.3) is 0 Å². The van der Waals surface area contributed by atoms with Gasteiger partial charge in [0.2, 0.25) is 11.8 Å². The number of amides is 2. The summed E-state index contributed by atoms with van der Waals surface area (Å²) in [4.78, 5) is 31.8. The molecule has 6 heteroatoms. The van der Waals surface area contributed by atoms with E-state index in [4.69, 9.17) is 0 Å². The van der Waals surface area contributed by atoms with Gasteiger partial charge in [-0.05, 0) is 57.2 Å². The molecule has 3 fully saturated rings. The minimum absolute atomic E-state index is 0.0959. The molecule has 3 aliphatic rings. The van der Waals surface area contributed by atoms with Gasteiger partial charge < -0.3 is 20.4 Å². The van der Waals surface area contributed by atoms with Gasteiger partial charge >= 0.3 is 0 Å². The van der Waals surface area contributed by atoms with Crippen molar-refractivity contribution in [1.29, 1.82) is 0 Å². The van der Waals surface area contributed by atoms with E-state index in [0.29, 0.717) is 24.9 Å². The predicted octanol–water partition coefficient (Wildman–Crippen LogP) is 3.51. The van der Waals surface area contributed by atoms with Gasteiger partial charge in [-0.1, -0.05) is 60.7 Å². The number of piperidine rings is 1. The second kappa shape index (κ2) is 11.1. The fraction of sp³-hybridized carbons (Fsp3) is 0.533. The Kier molecular flexibility index (Phi) is 7.73. The van der Waals surface area contributed by atoms with Crippen LogP contribution in [-0.4, -0.2) is 72.5 Å². The molecule has 0 aromatic heterocycles. The summed E-state index contributed by atoms with van der Waals surface area (Å²) in [5, 5.41) is 6.94. The van der Waals surface area contributed by atoms with Crippen LogP contribution in [0.4, 0.5) is 0 Å². The number of likely N-dealkylation sites (tertiary alicyclic amines) is 2. The summed E-state index contributed by atoms with van der Waals surface area (Å²) in [5.74, 6) is 0.774. The highest BCUT2D eigenvalue weighted by atomic mass is 16.2. The van der Waals surface area contributed by atoms with Crippen molar-refractivity contribution < 1.29 is 9.59 Å². The molecule has 0 saturated carbocycles. The van der Waals surface area contributed by atoms with Gasteiger partial charge in [0.05, 0.1) is 6.04 Å². The standard InChI is InChI=1S/C30H40N4O2/c1-21(31-2)26-14-9-15-27(32-26)29(35)34-20-25(23-12-7-4-8-13-23)18-28(34)30(36)33-17-16-24(19-33)22-10-5-3-6-11-22/h3-8,10-13,21,24-28,31-32H,9,14-20H2,1-2H3/t21?,24-,25-,26?,27?,28-/m0/s1. The molecule has 0 spiro atoms. The maximum Gasteiger partial charge on any atom is 0.245 e. The van der Waals surface area contributed by atoms with E-state index < -0.39 is 0 Å². The van der Waals surface area contributed by atoms with Crippen LogP contribution in [0.1, 0.15) is 62.0 Å². The monoisotopic (exact) mass is 488 g/mol. The molecular formula is C30H40N4O2. The summed E-state index contributed by atoms with van der Waals surface area (Å²) in [7, 11) is 1.97. The Labute approximate surface area is 215 Å². The topological polar surface area (TPSA) is 64.7 Å². The Balaban J connectivity index is 1.34. The van der Waals surface area contributed by atoms with Crippen molar-refractivity contribution in [2.45, 2.75) is 75.0 Å². The number of hydrogen-bond donors (Lipinski definition) is 2. The number of carbonyl (C=O) groups excluding carboxylic acids is 2. The summed E-state index contributed by atoms with van der Waals surface area (Å²) >= 11 is 0. The normalized spacial score (nSPS) is 29.3. The molecule has 0 aliphatic carbocycles. The molecule has 5 rings (SSSR count). The molecule has 0 bridgehead atoms. The van der Waals surface area contributed by atoms with Crippen molar-refractivity contribution in [2.75, 3.05) is 26.7 Å². The lowest BCUT2D eigenvalue weighted by atomic mass is 9.93. The number of nitrogens with one attached hydrogen (secondary N) is 2. The number of benzene rings is 2. The third kappa shape index (κ3) is 5.21. The Hall–Kier alpha value is -2.70. The molecule has 6 nitrogen and oxygen atoms in total. The molecule has 3 aliphatic heterocycles. The summed E-state index contributed by atoms with van der Waals surface area (Å²) < 4.78 is 0. The minimum atomic E-state index is -0.388. The maximum atomic E-state index is 13.9. The molecule has 6 atom stereocenters. The van der Waals surface area contributed by atoms with Gasteiger partial charge in [-0.2, -0.15) is 0 Å². The fourth-order valence-corrected chi connectivity index (χ4v) is 6.41. The smallest absolute Gasteiger partial charge is 0.245 e. The van der Waals surface area contributed by atoms with Gasteiger partial charge in [-0.25, -0.2) is 0 Å². The van der Waals surface area contributed by atoms with Gasteiger partial charge in [0, 0.05) is 43.6 Å². The molecular weight excluding hydrogens is 448 g/mol. The summed E-state index contributed by atoms with van der Waals surface area (Å²) in [6.45, 7) is 4.27. The molecule has 192 valence electrons. The Bertz CT molecular complexity index is 1030. The molecule has 3 saturated heterocycles. The highest BCUT2D eigenvalue weighted by molar-refractivity contribution is 5.91. The van der Waals surface area contributed by atoms with E-state index in [-0.39, 0.29) is 35.9 Å². The van der Waals surface area contributed by atoms with Gasteiger partial charge in [-0.15, -0.1) is 0 Å². The lowest BCUT2D eigenvalue weighted by Gasteiger charge is -2.37. The fourth-order valence-electron chi connectivity index (χ4n) is 6.41. The lowest BCUT2D eigenvalue weighted by molar-refractivity contribution is -0.144. The van der Waals surface area contributed by atoms with Crippen LogP contribution in [0.5, 0.6) is 0 Å². The highest BCUT2D eigenvalue weighted by Crippen LogP contribution is 2.36. The Morgan fingerprint density at radius 2 is 1.56 bits per heavy atom. The second-order valence-electron chi connectivity index (χ2n) is 10.9. The molecule has 0 radical (unpaired) electrons. The van der Waals surface area contributed by atoms with Crippen LogP contribution >= 0.6 is 0 Å². The van der Waals surface area contributed by atoms with Crippen molar-refractivity contribution in [3.8, 4) is 0 Å². The lowest BCUT2D eigenvalue weighted by Crippen LogP contribution is -2.58. The SMILES string of the molecule is CNC(C)C1CCCC(C(=O)N2C[C@@H](c3ccccc3)C[C@H]2C(=O)N2CC[C@H](c3ccccc3)C2)N1. The molecule has 2 N–H and O–H groups in total. The molecule has 2 aromatic carbocycles. The van der Waals surface area contributed by atoms with Crippen LogP contribution in [0.2, 0.25) is 0 Å². The number of nitrogens with zero attached hydrogens (tertiary/aromatic N) is 2. The molecule has 3 unspecified atom stereocenters. The van der Waals surface area contributed by atoms with Crippen LogP contribution in [-0.2, 0) is 9.59 Å². The minimum Gasteiger partial charge on any atom is -0.340 e. The molecule has 2 aromatic rings. The average Bonchev–Trinajstić information content (AvgIpc) is 3.61. The van der Waals surface area contributed by atoms with Crippen LogP contribution in [0, 0.1) is 0 Å². The van der Waals surface area contributed by atoms with Crippen molar-refractivity contribution in [3.05, 3.63) is 71.8 Å². The highest BCUT2D eigenvalue weighted by Gasteiger charge is 2.45. The van der Waals surface area contributed by atoms with Gasteiger partial charge in [-0.3, -0.25) is 9.59 Å². The zero-order valence-electron chi connectivity index (χ0n) is 21.6. The zero-order chi connectivity index (χ0) is 25.1. The van der Waals surface area contributed by atoms with Gasteiger partial charge in [0.1, 0.15) is 6.04 Å². The van der Waals surface area contributed by atoms with E-state index in [0.717, 1.165) is 38.8 Å². The first-order chi connectivity index (χ1) is 17.5. The third-order valence-corrected chi connectivity index (χ3v) is 8.69. The van der Waals surface area contributed by atoms with Crippen molar-refractivity contribution in [3.63, 3.8) is 0 Å². The number of hydrogen-bond acceptors (Lipinski definition) is 4. The molecule has 2 amide bonds. The summed E-state index contributed by atoms with van der Waals surface area (Å²) in [6.07, 6.45) is 4.60. The zero-order valence-corrected chi connectivity index (χ0v) is 21.6. The quantitative estimate of drug-likeness (QED) is 0.653. The van der Waals surface area contributed by atoms with E-state index in [1.807, 2.05) is 41.1 Å². The van der Waals surface area contributed by atoms with E-state index in [1.54, 1.807) is 0 Å². The average molecular weight is 489 g/mol. The van der Waals surface area contributed by atoms with E-state index >= 15 is 0 Å².